The lowest BCUT2D eigenvalue weighted by atomic mass is 9.76. The van der Waals surface area contributed by atoms with E-state index in [0.29, 0.717) is 5.56 Å². The molecule has 0 saturated carbocycles. The minimum absolute atomic E-state index is 0.0921. The summed E-state index contributed by atoms with van der Waals surface area (Å²) in [7, 11) is -1.80. The second-order valence-electron chi connectivity index (χ2n) is 7.74. The van der Waals surface area contributed by atoms with Crippen LogP contribution in [0, 0.1) is 6.92 Å². The predicted molar refractivity (Wildman–Crippen MR) is 96.0 cm³/mol. The van der Waals surface area contributed by atoms with Crippen LogP contribution in [-0.4, -0.2) is 40.4 Å². The lowest BCUT2D eigenvalue weighted by molar-refractivity contribution is 0.00693. The Balaban J connectivity index is 3.23. The van der Waals surface area contributed by atoms with E-state index in [1.165, 1.54) is 12.1 Å². The fraction of sp³-hybridized carbons (Fsp3) is 0.529. The van der Waals surface area contributed by atoms with E-state index in [-0.39, 0.29) is 16.7 Å². The summed E-state index contributed by atoms with van der Waals surface area (Å²) in [4.78, 5) is 24.3. The molecular formula is C17H26BNO6. The average Bonchev–Trinajstić information content (AvgIpc) is 2.36. The number of amides is 1. The lowest BCUT2D eigenvalue weighted by Gasteiger charge is -2.22. The number of nitrogens with one attached hydrogen (secondary N) is 1. The molecule has 8 heteroatoms. The summed E-state index contributed by atoms with van der Waals surface area (Å²) in [5.74, 6) is -0.637. The van der Waals surface area contributed by atoms with E-state index in [0.717, 1.165) is 0 Å². The van der Waals surface area contributed by atoms with Crippen LogP contribution in [0.5, 0.6) is 0 Å². The highest BCUT2D eigenvalue weighted by molar-refractivity contribution is 6.59. The van der Waals surface area contributed by atoms with Crippen molar-refractivity contribution in [1.82, 2.24) is 0 Å². The van der Waals surface area contributed by atoms with Crippen molar-refractivity contribution in [3.8, 4) is 0 Å². The largest absolute Gasteiger partial charge is 0.488 e. The van der Waals surface area contributed by atoms with Crippen LogP contribution in [0.3, 0.4) is 0 Å². The number of anilines is 1. The third kappa shape index (κ3) is 6.76. The van der Waals surface area contributed by atoms with Crippen LogP contribution >= 0.6 is 0 Å². The molecule has 7 nitrogen and oxygen atoms in total. The molecule has 0 heterocycles. The van der Waals surface area contributed by atoms with Gasteiger partial charge >= 0.3 is 19.2 Å². The third-order valence-corrected chi connectivity index (χ3v) is 3.00. The Hall–Kier alpha value is -2.06. The SMILES string of the molecule is Cc1c(NC(=O)OC(C)(C)C)cc(C(=O)OC(C)(C)C)cc1B(O)O. The van der Waals surface area contributed by atoms with Crippen molar-refractivity contribution in [2.24, 2.45) is 0 Å². The van der Waals surface area contributed by atoms with Gasteiger partial charge in [0.15, 0.2) is 0 Å². The molecule has 0 atom stereocenters. The third-order valence-electron chi connectivity index (χ3n) is 3.00. The predicted octanol–water partition coefficient (Wildman–Crippen LogP) is 1.98. The summed E-state index contributed by atoms with van der Waals surface area (Å²) >= 11 is 0. The van der Waals surface area contributed by atoms with Crippen LogP contribution in [0.1, 0.15) is 57.5 Å². The summed E-state index contributed by atoms with van der Waals surface area (Å²) in [6, 6.07) is 2.74. The number of carbonyl (C=O) groups excluding carboxylic acids is 2. The van der Waals surface area contributed by atoms with Gasteiger partial charge in [-0.2, -0.15) is 0 Å². The van der Waals surface area contributed by atoms with Gasteiger partial charge in [-0.1, -0.05) is 0 Å². The second kappa shape index (κ2) is 7.45. The second-order valence-corrected chi connectivity index (χ2v) is 7.74. The molecule has 0 fully saturated rings. The van der Waals surface area contributed by atoms with E-state index in [1.54, 1.807) is 48.5 Å². The molecular weight excluding hydrogens is 325 g/mol. The van der Waals surface area contributed by atoms with Crippen LogP contribution in [-0.2, 0) is 9.47 Å². The Morgan fingerprint density at radius 2 is 1.52 bits per heavy atom. The number of rotatable bonds is 3. The van der Waals surface area contributed by atoms with Crippen molar-refractivity contribution in [3.63, 3.8) is 0 Å². The van der Waals surface area contributed by atoms with E-state index in [2.05, 4.69) is 5.32 Å². The highest BCUT2D eigenvalue weighted by atomic mass is 16.6. The molecule has 25 heavy (non-hydrogen) atoms. The number of benzene rings is 1. The first-order valence-electron chi connectivity index (χ1n) is 7.93. The van der Waals surface area contributed by atoms with E-state index < -0.39 is 30.4 Å². The van der Waals surface area contributed by atoms with Gasteiger partial charge in [0, 0.05) is 5.69 Å². The standard InChI is InChI=1S/C17H26BNO6/c1-10-12(18(22)23)8-11(14(20)24-16(2,3)4)9-13(10)19-15(21)25-17(5,6)7/h8-9,22-23H,1-7H3,(H,19,21). The van der Waals surface area contributed by atoms with Crippen molar-refractivity contribution in [2.75, 3.05) is 5.32 Å². The monoisotopic (exact) mass is 351 g/mol. The van der Waals surface area contributed by atoms with Crippen molar-refractivity contribution in [3.05, 3.63) is 23.3 Å². The normalized spacial score (nSPS) is 11.7. The van der Waals surface area contributed by atoms with E-state index >= 15 is 0 Å². The van der Waals surface area contributed by atoms with Crippen molar-refractivity contribution in [2.45, 2.75) is 59.7 Å². The molecule has 1 aromatic rings. The molecule has 138 valence electrons. The Morgan fingerprint density at radius 3 is 1.96 bits per heavy atom. The van der Waals surface area contributed by atoms with Gasteiger partial charge in [-0.05, 0) is 71.6 Å². The first-order chi connectivity index (χ1) is 11.2. The summed E-state index contributed by atoms with van der Waals surface area (Å²) in [6.07, 6.45) is -0.713. The van der Waals surface area contributed by atoms with Gasteiger partial charge < -0.3 is 19.5 Å². The highest BCUT2D eigenvalue weighted by Crippen LogP contribution is 2.20. The first kappa shape index (κ1) is 21.0. The lowest BCUT2D eigenvalue weighted by Crippen LogP contribution is -2.35. The van der Waals surface area contributed by atoms with Crippen molar-refractivity contribution < 1.29 is 29.1 Å². The maximum Gasteiger partial charge on any atom is 0.488 e. The molecule has 0 spiro atoms. The van der Waals surface area contributed by atoms with E-state index in [1.807, 2.05) is 0 Å². The minimum Gasteiger partial charge on any atom is -0.456 e. The van der Waals surface area contributed by atoms with Crippen LogP contribution in [0.4, 0.5) is 10.5 Å². The highest BCUT2D eigenvalue weighted by Gasteiger charge is 2.25. The van der Waals surface area contributed by atoms with Crippen molar-refractivity contribution >= 4 is 30.3 Å². The average molecular weight is 351 g/mol. The smallest absolute Gasteiger partial charge is 0.456 e. The quantitative estimate of drug-likeness (QED) is 0.568. The zero-order chi connectivity index (χ0) is 19.6. The summed E-state index contributed by atoms with van der Waals surface area (Å²) < 4.78 is 10.5. The van der Waals surface area contributed by atoms with Gasteiger partial charge in [-0.15, -0.1) is 0 Å². The molecule has 0 saturated heterocycles. The summed E-state index contributed by atoms with van der Waals surface area (Å²) in [6.45, 7) is 11.9. The maximum atomic E-state index is 12.3. The molecule has 0 aromatic heterocycles. The van der Waals surface area contributed by atoms with E-state index in [4.69, 9.17) is 9.47 Å². The Labute approximate surface area is 148 Å². The molecule has 1 rings (SSSR count). The molecule has 0 bridgehead atoms. The van der Waals surface area contributed by atoms with Gasteiger partial charge in [0.25, 0.3) is 0 Å². The zero-order valence-electron chi connectivity index (χ0n) is 15.8. The molecule has 0 aliphatic carbocycles. The van der Waals surface area contributed by atoms with Crippen LogP contribution in [0.15, 0.2) is 12.1 Å². The minimum atomic E-state index is -1.80. The molecule has 0 aliphatic heterocycles. The van der Waals surface area contributed by atoms with E-state index in [9.17, 15) is 19.6 Å². The van der Waals surface area contributed by atoms with Gasteiger partial charge in [-0.25, -0.2) is 9.59 Å². The number of ether oxygens (including phenoxy) is 2. The Bertz CT molecular complexity index is 658. The Morgan fingerprint density at radius 1 is 1.00 bits per heavy atom. The van der Waals surface area contributed by atoms with Gasteiger partial charge in [-0.3, -0.25) is 5.32 Å². The number of esters is 1. The number of hydrogen-bond acceptors (Lipinski definition) is 6. The van der Waals surface area contributed by atoms with Crippen LogP contribution in [0.25, 0.3) is 0 Å². The Kier molecular flexibility index (Phi) is 6.26. The molecule has 1 amide bonds. The molecule has 1 aromatic carbocycles. The van der Waals surface area contributed by atoms with Crippen LogP contribution < -0.4 is 10.8 Å². The van der Waals surface area contributed by atoms with Gasteiger partial charge in [0.1, 0.15) is 11.2 Å². The topological polar surface area (TPSA) is 105 Å². The van der Waals surface area contributed by atoms with Crippen molar-refractivity contribution in [1.29, 1.82) is 0 Å². The molecule has 0 unspecified atom stereocenters. The summed E-state index contributed by atoms with van der Waals surface area (Å²) in [5.41, 5.74) is -0.572. The maximum absolute atomic E-state index is 12.3. The first-order valence-corrected chi connectivity index (χ1v) is 7.93. The number of hydrogen-bond donors (Lipinski definition) is 3. The fourth-order valence-electron chi connectivity index (χ4n) is 2.00. The molecule has 0 aliphatic rings. The zero-order valence-corrected chi connectivity index (χ0v) is 15.8. The van der Waals surface area contributed by atoms with Gasteiger partial charge in [0.2, 0.25) is 0 Å². The fourth-order valence-corrected chi connectivity index (χ4v) is 2.00. The molecule has 0 radical (unpaired) electrons. The summed E-state index contributed by atoms with van der Waals surface area (Å²) in [5, 5.41) is 21.6. The van der Waals surface area contributed by atoms with Crippen LogP contribution in [0.2, 0.25) is 0 Å². The van der Waals surface area contributed by atoms with Gasteiger partial charge in [0.05, 0.1) is 5.56 Å². The molecule has 3 N–H and O–H groups in total. The number of carbonyl (C=O) groups is 2.